The Labute approximate surface area is 215 Å². The van der Waals surface area contributed by atoms with Crippen molar-refractivity contribution in [1.82, 2.24) is 24.7 Å². The molecule has 3 fully saturated rings. The highest BCUT2D eigenvalue weighted by atomic mass is 35.5. The van der Waals surface area contributed by atoms with Crippen LogP contribution in [0, 0.1) is 5.41 Å². The van der Waals surface area contributed by atoms with Gasteiger partial charge in [0.15, 0.2) is 0 Å². The molecule has 1 N–H and O–H groups in total. The number of nitrogens with one attached hydrogen (secondary N) is 1. The second-order valence-electron chi connectivity index (χ2n) is 10.4. The average molecular weight is 507 g/mol. The molecular weight excluding hydrogens is 476 g/mol. The summed E-state index contributed by atoms with van der Waals surface area (Å²) in [5.41, 5.74) is 2.01. The minimum Gasteiger partial charge on any atom is -0.339 e. The zero-order chi connectivity index (χ0) is 24.7. The number of hydrogen-bond acceptors (Lipinski definition) is 5. The zero-order valence-electron chi connectivity index (χ0n) is 20.3. The number of para-hydroxylation sites is 1. The molecule has 6 rings (SSSR count). The second-order valence-corrected chi connectivity index (χ2v) is 10.9. The Bertz CT molecular complexity index is 1340. The van der Waals surface area contributed by atoms with Gasteiger partial charge in [0.1, 0.15) is 0 Å². The lowest BCUT2D eigenvalue weighted by molar-refractivity contribution is 0.152. The van der Waals surface area contributed by atoms with Gasteiger partial charge in [0, 0.05) is 62.8 Å². The monoisotopic (exact) mass is 506 g/mol. The number of hydrogen-bond donors (Lipinski definition) is 1. The minimum atomic E-state index is -0.127. The maximum Gasteiger partial charge on any atom is 0.320 e. The summed E-state index contributed by atoms with van der Waals surface area (Å²) in [5.74, 6) is 0.580. The van der Waals surface area contributed by atoms with Crippen molar-refractivity contribution >= 4 is 34.5 Å². The number of aromatic amines is 1. The third-order valence-corrected chi connectivity index (χ3v) is 8.21. The van der Waals surface area contributed by atoms with Gasteiger partial charge in [-0.3, -0.25) is 14.7 Å². The first kappa shape index (κ1) is 23.3. The van der Waals surface area contributed by atoms with E-state index >= 15 is 0 Å². The summed E-state index contributed by atoms with van der Waals surface area (Å²) in [6.07, 6.45) is 2.19. The first-order valence-electron chi connectivity index (χ1n) is 12.7. The molecule has 8 nitrogen and oxygen atoms in total. The third kappa shape index (κ3) is 4.55. The van der Waals surface area contributed by atoms with Crippen molar-refractivity contribution in [3.8, 4) is 0 Å². The average Bonchev–Trinajstić information content (AvgIpc) is 3.49. The number of benzene rings is 2. The number of carbonyl (C=O) groups is 1. The molecule has 0 saturated carbocycles. The van der Waals surface area contributed by atoms with Crippen molar-refractivity contribution in [1.29, 1.82) is 0 Å². The number of fused-ring (bicyclic) bond motifs is 1. The molecule has 3 aliphatic heterocycles. The SMILES string of the molecule is O=C(N1CCN(c2nc3ccccc3c(=O)[nH]2)CC1)N1CCC2(CCN(Cc3cccc(Cl)c3)C2)C1. The molecule has 4 heterocycles. The summed E-state index contributed by atoms with van der Waals surface area (Å²) in [7, 11) is 0. The second kappa shape index (κ2) is 9.41. The predicted octanol–water partition coefficient (Wildman–Crippen LogP) is 3.42. The van der Waals surface area contributed by atoms with Crippen LogP contribution in [0.5, 0.6) is 0 Å². The van der Waals surface area contributed by atoms with Gasteiger partial charge < -0.3 is 14.7 Å². The van der Waals surface area contributed by atoms with Crippen molar-refractivity contribution in [2.45, 2.75) is 19.4 Å². The van der Waals surface area contributed by atoms with E-state index in [-0.39, 0.29) is 17.0 Å². The summed E-state index contributed by atoms with van der Waals surface area (Å²) in [5, 5.41) is 1.37. The molecule has 2 aromatic carbocycles. The molecule has 1 aromatic heterocycles. The Morgan fingerprint density at radius 3 is 2.58 bits per heavy atom. The maximum atomic E-state index is 13.4. The van der Waals surface area contributed by atoms with Crippen LogP contribution in [0.2, 0.25) is 5.02 Å². The fourth-order valence-electron chi connectivity index (χ4n) is 6.02. The Hall–Kier alpha value is -3.10. The minimum absolute atomic E-state index is 0.127. The van der Waals surface area contributed by atoms with Crippen molar-refractivity contribution in [2.24, 2.45) is 5.41 Å². The summed E-state index contributed by atoms with van der Waals surface area (Å²) < 4.78 is 0. The largest absolute Gasteiger partial charge is 0.339 e. The molecule has 3 aliphatic rings. The number of rotatable bonds is 3. The number of piperazine rings is 1. The normalized spacial score (nSPS) is 22.8. The van der Waals surface area contributed by atoms with Crippen LogP contribution in [-0.2, 0) is 6.54 Å². The molecule has 9 heteroatoms. The lowest BCUT2D eigenvalue weighted by Crippen LogP contribution is -2.53. The zero-order valence-corrected chi connectivity index (χ0v) is 21.1. The number of aromatic nitrogens is 2. The van der Waals surface area contributed by atoms with E-state index in [1.807, 2.05) is 41.3 Å². The molecule has 0 bridgehead atoms. The van der Waals surface area contributed by atoms with E-state index in [0.717, 1.165) is 50.6 Å². The van der Waals surface area contributed by atoms with Crippen LogP contribution in [0.1, 0.15) is 18.4 Å². The number of carbonyl (C=O) groups excluding carboxylic acids is 1. The number of nitrogens with zero attached hydrogens (tertiary/aromatic N) is 5. The summed E-state index contributed by atoms with van der Waals surface area (Å²) in [6, 6.07) is 15.6. The van der Waals surface area contributed by atoms with E-state index in [2.05, 4.69) is 30.7 Å². The Morgan fingerprint density at radius 2 is 1.75 bits per heavy atom. The van der Waals surface area contributed by atoms with Crippen LogP contribution in [0.25, 0.3) is 10.9 Å². The Morgan fingerprint density at radius 1 is 0.944 bits per heavy atom. The quantitative estimate of drug-likeness (QED) is 0.589. The van der Waals surface area contributed by atoms with Gasteiger partial charge in [-0.15, -0.1) is 0 Å². The van der Waals surface area contributed by atoms with Crippen LogP contribution in [0.4, 0.5) is 10.7 Å². The number of amides is 2. The van der Waals surface area contributed by atoms with E-state index in [9.17, 15) is 9.59 Å². The van der Waals surface area contributed by atoms with Gasteiger partial charge in [-0.25, -0.2) is 9.78 Å². The highest BCUT2D eigenvalue weighted by Crippen LogP contribution is 2.40. The van der Waals surface area contributed by atoms with Crippen LogP contribution in [-0.4, -0.2) is 83.1 Å². The van der Waals surface area contributed by atoms with Crippen molar-refractivity contribution in [3.05, 3.63) is 69.5 Å². The van der Waals surface area contributed by atoms with Crippen molar-refractivity contribution in [2.75, 3.05) is 57.3 Å². The standard InChI is InChI=1S/C27H31ClN6O2/c28-21-5-3-4-20(16-21)17-31-10-8-27(18-31)9-11-34(19-27)26(36)33-14-12-32(13-15-33)25-29-23-7-2-1-6-22(23)24(35)30-25/h1-7,16H,8-15,17-19H2,(H,29,30,35). The molecule has 0 radical (unpaired) electrons. The highest BCUT2D eigenvalue weighted by molar-refractivity contribution is 6.30. The van der Waals surface area contributed by atoms with Crippen LogP contribution >= 0.6 is 11.6 Å². The Kier molecular flexibility index (Phi) is 6.09. The summed E-state index contributed by atoms with van der Waals surface area (Å²) in [6.45, 7) is 7.20. The van der Waals surface area contributed by atoms with Crippen molar-refractivity contribution < 1.29 is 4.79 Å². The van der Waals surface area contributed by atoms with E-state index < -0.39 is 0 Å². The van der Waals surface area contributed by atoms with Gasteiger partial charge in [0.2, 0.25) is 5.95 Å². The van der Waals surface area contributed by atoms with Gasteiger partial charge >= 0.3 is 6.03 Å². The van der Waals surface area contributed by atoms with Gasteiger partial charge in [-0.1, -0.05) is 35.9 Å². The fraction of sp³-hybridized carbons (Fsp3) is 0.444. The Balaban J connectivity index is 1.04. The lowest BCUT2D eigenvalue weighted by atomic mass is 9.86. The molecule has 1 unspecified atom stereocenters. The molecule has 1 spiro atoms. The lowest BCUT2D eigenvalue weighted by Gasteiger charge is -2.37. The van der Waals surface area contributed by atoms with E-state index in [1.165, 1.54) is 5.56 Å². The fourth-order valence-corrected chi connectivity index (χ4v) is 6.23. The van der Waals surface area contributed by atoms with Gasteiger partial charge in [0.05, 0.1) is 10.9 Å². The van der Waals surface area contributed by atoms with E-state index in [1.54, 1.807) is 6.07 Å². The van der Waals surface area contributed by atoms with Crippen LogP contribution < -0.4 is 10.5 Å². The molecule has 188 valence electrons. The van der Waals surface area contributed by atoms with Crippen LogP contribution in [0.3, 0.4) is 0 Å². The van der Waals surface area contributed by atoms with E-state index in [4.69, 9.17) is 11.6 Å². The highest BCUT2D eigenvalue weighted by Gasteiger charge is 2.45. The molecule has 36 heavy (non-hydrogen) atoms. The topological polar surface area (TPSA) is 75.8 Å². The molecule has 0 aliphatic carbocycles. The number of urea groups is 1. The number of halogens is 1. The first-order valence-corrected chi connectivity index (χ1v) is 13.1. The molecule has 1 atom stereocenters. The van der Waals surface area contributed by atoms with Gasteiger partial charge in [-0.05, 0) is 49.2 Å². The molecule has 2 amide bonds. The molecule has 3 saturated heterocycles. The summed E-state index contributed by atoms with van der Waals surface area (Å²) in [4.78, 5) is 41.9. The smallest absolute Gasteiger partial charge is 0.320 e. The molecule has 3 aromatic rings. The third-order valence-electron chi connectivity index (χ3n) is 7.97. The van der Waals surface area contributed by atoms with Crippen LogP contribution in [0.15, 0.2) is 53.3 Å². The van der Waals surface area contributed by atoms with Gasteiger partial charge in [0.25, 0.3) is 5.56 Å². The van der Waals surface area contributed by atoms with E-state index in [0.29, 0.717) is 43.0 Å². The number of H-pyrrole nitrogens is 1. The molecular formula is C27H31ClN6O2. The maximum absolute atomic E-state index is 13.4. The van der Waals surface area contributed by atoms with Gasteiger partial charge in [-0.2, -0.15) is 0 Å². The first-order chi connectivity index (χ1) is 17.5. The number of anilines is 1. The van der Waals surface area contributed by atoms with Crippen molar-refractivity contribution in [3.63, 3.8) is 0 Å². The predicted molar refractivity (Wildman–Crippen MR) is 142 cm³/mol. The summed E-state index contributed by atoms with van der Waals surface area (Å²) >= 11 is 6.16. The number of likely N-dealkylation sites (tertiary alicyclic amines) is 2.